The van der Waals surface area contributed by atoms with Gasteiger partial charge in [0, 0.05) is 38.7 Å². The molecule has 0 radical (unpaired) electrons. The summed E-state index contributed by atoms with van der Waals surface area (Å²) in [5.41, 5.74) is 0. The molecule has 1 saturated heterocycles. The highest BCUT2D eigenvalue weighted by atomic mass is 32.2. The minimum Gasteiger partial charge on any atom is -0.493 e. The zero-order chi connectivity index (χ0) is 17.0. The molecule has 1 aliphatic rings. The van der Waals surface area contributed by atoms with Gasteiger partial charge in [-0.1, -0.05) is 6.92 Å². The molecule has 0 saturated carbocycles. The number of nitrogens with zero attached hydrogens (tertiary/aromatic N) is 2. The number of rotatable bonds is 5. The molecule has 1 amide bonds. The van der Waals surface area contributed by atoms with Crippen LogP contribution in [0.4, 0.5) is 0 Å². The van der Waals surface area contributed by atoms with Crippen LogP contribution in [-0.4, -0.2) is 63.9 Å². The molecule has 23 heavy (non-hydrogen) atoms. The minimum atomic E-state index is -3.62. The molecule has 0 atom stereocenters. The third-order valence-electron chi connectivity index (χ3n) is 3.89. The van der Waals surface area contributed by atoms with E-state index in [1.165, 1.54) is 30.7 Å². The Morgan fingerprint density at radius 3 is 2.22 bits per heavy atom. The zero-order valence-corrected chi connectivity index (χ0v) is 14.4. The Balaban J connectivity index is 2.18. The van der Waals surface area contributed by atoms with E-state index >= 15 is 0 Å². The predicted molar refractivity (Wildman–Crippen MR) is 85.2 cm³/mol. The van der Waals surface area contributed by atoms with Crippen LogP contribution in [0.5, 0.6) is 11.5 Å². The fourth-order valence-corrected chi connectivity index (χ4v) is 3.97. The highest BCUT2D eigenvalue weighted by Crippen LogP contribution is 2.30. The number of hydrogen-bond donors (Lipinski definition) is 0. The number of methoxy groups -OCH3 is 2. The summed E-state index contributed by atoms with van der Waals surface area (Å²) in [6.45, 7) is 3.22. The van der Waals surface area contributed by atoms with Crippen molar-refractivity contribution in [2.75, 3.05) is 40.4 Å². The van der Waals surface area contributed by atoms with E-state index in [1.54, 1.807) is 17.9 Å². The van der Waals surface area contributed by atoms with Crippen molar-refractivity contribution in [1.29, 1.82) is 0 Å². The van der Waals surface area contributed by atoms with Crippen molar-refractivity contribution in [2.45, 2.75) is 18.2 Å². The Kier molecular flexibility index (Phi) is 5.48. The van der Waals surface area contributed by atoms with Crippen LogP contribution in [0.2, 0.25) is 0 Å². The summed E-state index contributed by atoms with van der Waals surface area (Å²) in [7, 11) is -0.658. The molecule has 1 fully saturated rings. The quantitative estimate of drug-likeness (QED) is 0.796. The Hall–Kier alpha value is -1.80. The Morgan fingerprint density at radius 1 is 1.09 bits per heavy atom. The van der Waals surface area contributed by atoms with Crippen LogP contribution < -0.4 is 9.47 Å². The molecule has 2 rings (SSSR count). The molecule has 0 spiro atoms. The first kappa shape index (κ1) is 17.6. The maximum Gasteiger partial charge on any atom is 0.243 e. The Morgan fingerprint density at radius 2 is 1.70 bits per heavy atom. The molecule has 8 heteroatoms. The second-order valence-corrected chi connectivity index (χ2v) is 7.09. The number of sulfonamides is 1. The number of benzene rings is 1. The van der Waals surface area contributed by atoms with Crippen molar-refractivity contribution >= 4 is 15.9 Å². The van der Waals surface area contributed by atoms with Crippen LogP contribution >= 0.6 is 0 Å². The molecule has 0 bridgehead atoms. The molecule has 0 aliphatic carbocycles. The summed E-state index contributed by atoms with van der Waals surface area (Å²) in [6, 6.07) is 4.53. The van der Waals surface area contributed by atoms with Crippen LogP contribution in [0.1, 0.15) is 13.3 Å². The first-order valence-corrected chi connectivity index (χ1v) is 8.88. The van der Waals surface area contributed by atoms with Gasteiger partial charge < -0.3 is 14.4 Å². The second-order valence-electron chi connectivity index (χ2n) is 5.16. The van der Waals surface area contributed by atoms with Gasteiger partial charge in [-0.3, -0.25) is 4.79 Å². The molecule has 0 aromatic heterocycles. The summed E-state index contributed by atoms with van der Waals surface area (Å²) in [6.07, 6.45) is 0.433. The molecule has 0 N–H and O–H groups in total. The maximum absolute atomic E-state index is 12.7. The van der Waals surface area contributed by atoms with E-state index in [4.69, 9.17) is 9.47 Å². The van der Waals surface area contributed by atoms with E-state index in [0.29, 0.717) is 44.1 Å². The van der Waals surface area contributed by atoms with Crippen LogP contribution in [-0.2, 0) is 14.8 Å². The normalized spacial score (nSPS) is 16.2. The average molecular weight is 342 g/mol. The van der Waals surface area contributed by atoms with Crippen LogP contribution in [0.3, 0.4) is 0 Å². The summed E-state index contributed by atoms with van der Waals surface area (Å²) >= 11 is 0. The van der Waals surface area contributed by atoms with Crippen molar-refractivity contribution in [3.8, 4) is 11.5 Å². The van der Waals surface area contributed by atoms with Crippen molar-refractivity contribution in [2.24, 2.45) is 0 Å². The van der Waals surface area contributed by atoms with E-state index in [9.17, 15) is 13.2 Å². The Labute approximate surface area is 136 Å². The molecule has 128 valence electrons. The first-order chi connectivity index (χ1) is 10.9. The monoisotopic (exact) mass is 342 g/mol. The van der Waals surface area contributed by atoms with E-state index in [-0.39, 0.29) is 10.8 Å². The number of piperazine rings is 1. The van der Waals surface area contributed by atoms with Gasteiger partial charge in [0.15, 0.2) is 11.5 Å². The van der Waals surface area contributed by atoms with Crippen LogP contribution in [0.25, 0.3) is 0 Å². The lowest BCUT2D eigenvalue weighted by Gasteiger charge is -2.34. The van der Waals surface area contributed by atoms with E-state index in [1.807, 2.05) is 0 Å². The second kappa shape index (κ2) is 7.18. The SMILES string of the molecule is CCC(=O)N1CCN(S(=O)(=O)c2ccc(OC)c(OC)c2)CC1. The molecular weight excluding hydrogens is 320 g/mol. The number of carbonyl (C=O) groups is 1. The number of carbonyl (C=O) groups excluding carboxylic acids is 1. The van der Waals surface area contributed by atoms with Gasteiger partial charge in [-0.05, 0) is 12.1 Å². The molecular formula is C15H22N2O5S. The number of hydrogen-bond acceptors (Lipinski definition) is 5. The molecule has 1 aromatic rings. The summed E-state index contributed by atoms with van der Waals surface area (Å²) in [4.78, 5) is 13.5. The lowest BCUT2D eigenvalue weighted by atomic mass is 10.3. The molecule has 0 unspecified atom stereocenters. The minimum absolute atomic E-state index is 0.0492. The molecule has 1 aromatic carbocycles. The highest BCUT2D eigenvalue weighted by molar-refractivity contribution is 7.89. The van der Waals surface area contributed by atoms with Gasteiger partial charge in [0.1, 0.15) is 0 Å². The van der Waals surface area contributed by atoms with Crippen molar-refractivity contribution < 1.29 is 22.7 Å². The zero-order valence-electron chi connectivity index (χ0n) is 13.6. The third kappa shape index (κ3) is 3.59. The van der Waals surface area contributed by atoms with Gasteiger partial charge in [0.25, 0.3) is 0 Å². The standard InChI is InChI=1S/C15H22N2O5S/c1-4-15(18)16-7-9-17(10-8-16)23(19,20)12-5-6-13(21-2)14(11-12)22-3/h5-6,11H,4,7-10H2,1-3H3. The predicted octanol–water partition coefficient (Wildman–Crippen LogP) is 0.947. The number of ether oxygens (including phenoxy) is 2. The van der Waals surface area contributed by atoms with E-state index < -0.39 is 10.0 Å². The summed E-state index contributed by atoms with van der Waals surface area (Å²) in [5.74, 6) is 0.895. The van der Waals surface area contributed by atoms with Gasteiger partial charge in [0.2, 0.25) is 15.9 Å². The summed E-state index contributed by atoms with van der Waals surface area (Å²) in [5, 5.41) is 0. The van der Waals surface area contributed by atoms with Crippen molar-refractivity contribution in [3.05, 3.63) is 18.2 Å². The van der Waals surface area contributed by atoms with Gasteiger partial charge in [-0.15, -0.1) is 0 Å². The van der Waals surface area contributed by atoms with Gasteiger partial charge in [-0.2, -0.15) is 4.31 Å². The largest absolute Gasteiger partial charge is 0.493 e. The van der Waals surface area contributed by atoms with Crippen LogP contribution in [0.15, 0.2) is 23.1 Å². The topological polar surface area (TPSA) is 76.2 Å². The molecule has 7 nitrogen and oxygen atoms in total. The average Bonchev–Trinajstić information content (AvgIpc) is 2.60. The summed E-state index contributed by atoms with van der Waals surface area (Å²) < 4.78 is 37.1. The first-order valence-electron chi connectivity index (χ1n) is 7.44. The van der Waals surface area contributed by atoms with E-state index in [0.717, 1.165) is 0 Å². The molecule has 1 aliphatic heterocycles. The fraction of sp³-hybridized carbons (Fsp3) is 0.533. The fourth-order valence-electron chi connectivity index (χ4n) is 2.53. The van der Waals surface area contributed by atoms with Crippen LogP contribution in [0, 0.1) is 0 Å². The lowest BCUT2D eigenvalue weighted by Crippen LogP contribution is -2.50. The van der Waals surface area contributed by atoms with Gasteiger partial charge in [-0.25, -0.2) is 8.42 Å². The lowest BCUT2D eigenvalue weighted by molar-refractivity contribution is -0.132. The van der Waals surface area contributed by atoms with Gasteiger partial charge in [0.05, 0.1) is 19.1 Å². The van der Waals surface area contributed by atoms with Crippen molar-refractivity contribution in [1.82, 2.24) is 9.21 Å². The number of amides is 1. The van der Waals surface area contributed by atoms with Gasteiger partial charge >= 0.3 is 0 Å². The molecule has 1 heterocycles. The third-order valence-corrected chi connectivity index (χ3v) is 5.78. The Bertz CT molecular complexity index is 666. The highest BCUT2D eigenvalue weighted by Gasteiger charge is 2.30. The van der Waals surface area contributed by atoms with E-state index in [2.05, 4.69) is 0 Å². The van der Waals surface area contributed by atoms with Crippen molar-refractivity contribution in [3.63, 3.8) is 0 Å². The smallest absolute Gasteiger partial charge is 0.243 e. The maximum atomic E-state index is 12.7.